The number of amides is 1. The van der Waals surface area contributed by atoms with Crippen LogP contribution in [0.1, 0.15) is 40.2 Å². The zero-order chi connectivity index (χ0) is 17.6. The zero-order valence-electron chi connectivity index (χ0n) is 14.5. The molecular weight excluding hydrogens is 316 g/mol. The lowest BCUT2D eigenvalue weighted by Crippen LogP contribution is -2.44. The van der Waals surface area contributed by atoms with Crippen molar-refractivity contribution in [3.8, 4) is 5.75 Å². The molecule has 1 aromatic rings. The number of benzene rings is 1. The molecule has 0 saturated carbocycles. The van der Waals surface area contributed by atoms with Crippen LogP contribution in [0.25, 0.3) is 0 Å². The Morgan fingerprint density at radius 3 is 2.57 bits per heavy atom. The van der Waals surface area contributed by atoms with Gasteiger partial charge in [0.05, 0.1) is 0 Å². The van der Waals surface area contributed by atoms with Crippen molar-refractivity contribution >= 4 is 17.7 Å². The molecule has 0 heterocycles. The second-order valence-corrected chi connectivity index (χ2v) is 7.09. The highest BCUT2D eigenvalue weighted by atomic mass is 35.5. The predicted octanol–water partition coefficient (Wildman–Crippen LogP) is 3.78. The molecular formula is C17H27ClN2O3. The Balaban J connectivity index is 2.52. The summed E-state index contributed by atoms with van der Waals surface area (Å²) >= 11 is 6.06. The molecule has 1 amide bonds. The molecule has 5 nitrogen and oxygen atoms in total. The number of carbonyl (C=O) groups is 1. The summed E-state index contributed by atoms with van der Waals surface area (Å²) in [6.07, 6.45) is -0.324. The van der Waals surface area contributed by atoms with Crippen LogP contribution in [0, 0.1) is 0 Å². The number of ether oxygens (including phenoxy) is 1. The highest BCUT2D eigenvalue weighted by Crippen LogP contribution is 2.24. The maximum Gasteiger partial charge on any atom is 0.410 e. The van der Waals surface area contributed by atoms with Crippen LogP contribution >= 0.6 is 11.6 Å². The highest BCUT2D eigenvalue weighted by Gasteiger charge is 2.23. The van der Waals surface area contributed by atoms with Crippen LogP contribution in [-0.4, -0.2) is 40.8 Å². The third kappa shape index (κ3) is 6.67. The zero-order valence-corrected chi connectivity index (χ0v) is 15.3. The van der Waals surface area contributed by atoms with Crippen molar-refractivity contribution in [2.75, 3.05) is 13.1 Å². The molecule has 6 heteroatoms. The standard InChI is InChI=1S/C17H27ClN2O3/c1-12(2)20(16(22)23-17(3,4)5)10-9-19-11-13-14(18)7-6-8-15(13)21/h6-8,12,19,21H,9-11H2,1-5H3. The van der Waals surface area contributed by atoms with Crippen LogP contribution in [0.5, 0.6) is 5.75 Å². The molecule has 0 aliphatic carbocycles. The number of aromatic hydroxyl groups is 1. The minimum atomic E-state index is -0.513. The highest BCUT2D eigenvalue weighted by molar-refractivity contribution is 6.31. The van der Waals surface area contributed by atoms with Crippen molar-refractivity contribution in [2.45, 2.75) is 52.8 Å². The van der Waals surface area contributed by atoms with Gasteiger partial charge in [0.1, 0.15) is 11.4 Å². The largest absolute Gasteiger partial charge is 0.508 e. The first-order chi connectivity index (χ1) is 10.6. The summed E-state index contributed by atoms with van der Waals surface area (Å²) in [5.74, 6) is 0.165. The van der Waals surface area contributed by atoms with E-state index >= 15 is 0 Å². The fourth-order valence-corrected chi connectivity index (χ4v) is 2.25. The maximum absolute atomic E-state index is 12.2. The lowest BCUT2D eigenvalue weighted by molar-refractivity contribution is 0.0193. The summed E-state index contributed by atoms with van der Waals surface area (Å²) in [6, 6.07) is 5.08. The van der Waals surface area contributed by atoms with Crippen LogP contribution in [0.2, 0.25) is 5.02 Å². The average molecular weight is 343 g/mol. The normalized spacial score (nSPS) is 11.6. The third-order valence-electron chi connectivity index (χ3n) is 3.18. The van der Waals surface area contributed by atoms with E-state index in [1.165, 1.54) is 0 Å². The number of phenols is 1. The summed E-state index contributed by atoms with van der Waals surface area (Å²) in [5.41, 5.74) is 0.142. The molecule has 23 heavy (non-hydrogen) atoms. The number of nitrogens with one attached hydrogen (secondary N) is 1. The van der Waals surface area contributed by atoms with E-state index in [9.17, 15) is 9.90 Å². The van der Waals surface area contributed by atoms with E-state index in [0.29, 0.717) is 30.2 Å². The summed E-state index contributed by atoms with van der Waals surface area (Å²) < 4.78 is 5.41. The topological polar surface area (TPSA) is 61.8 Å². The van der Waals surface area contributed by atoms with Crippen LogP contribution in [0.15, 0.2) is 18.2 Å². The lowest BCUT2D eigenvalue weighted by Gasteiger charge is -2.30. The first-order valence-electron chi connectivity index (χ1n) is 7.78. The van der Waals surface area contributed by atoms with Crippen molar-refractivity contribution in [3.05, 3.63) is 28.8 Å². The van der Waals surface area contributed by atoms with Gasteiger partial charge < -0.3 is 20.1 Å². The Morgan fingerprint density at radius 1 is 1.39 bits per heavy atom. The SMILES string of the molecule is CC(C)N(CCNCc1c(O)cccc1Cl)C(=O)OC(C)(C)C. The molecule has 0 saturated heterocycles. The second kappa shape index (κ2) is 8.41. The number of halogens is 1. The monoisotopic (exact) mass is 342 g/mol. The van der Waals surface area contributed by atoms with Gasteiger partial charge in [0.25, 0.3) is 0 Å². The molecule has 0 unspecified atom stereocenters. The fourth-order valence-electron chi connectivity index (χ4n) is 2.02. The van der Waals surface area contributed by atoms with E-state index in [-0.39, 0.29) is 17.9 Å². The molecule has 0 atom stereocenters. The first-order valence-corrected chi connectivity index (χ1v) is 8.16. The molecule has 2 N–H and O–H groups in total. The van der Waals surface area contributed by atoms with Crippen LogP contribution in [0.4, 0.5) is 4.79 Å². The molecule has 0 aliphatic rings. The van der Waals surface area contributed by atoms with Gasteiger partial charge in [-0.15, -0.1) is 0 Å². The summed E-state index contributed by atoms with van der Waals surface area (Å²) in [4.78, 5) is 13.9. The molecule has 1 rings (SSSR count). The average Bonchev–Trinajstić information content (AvgIpc) is 2.38. The smallest absolute Gasteiger partial charge is 0.410 e. The second-order valence-electron chi connectivity index (χ2n) is 6.68. The van der Waals surface area contributed by atoms with Gasteiger partial charge >= 0.3 is 6.09 Å². The molecule has 130 valence electrons. The van der Waals surface area contributed by atoms with Crippen LogP contribution in [-0.2, 0) is 11.3 Å². The number of hydrogen-bond donors (Lipinski definition) is 2. The number of rotatable bonds is 6. The van der Waals surface area contributed by atoms with Crippen molar-refractivity contribution in [1.29, 1.82) is 0 Å². The third-order valence-corrected chi connectivity index (χ3v) is 3.53. The van der Waals surface area contributed by atoms with Gasteiger partial charge in [-0.05, 0) is 46.8 Å². The molecule has 0 radical (unpaired) electrons. The van der Waals surface area contributed by atoms with E-state index in [1.807, 2.05) is 34.6 Å². The summed E-state index contributed by atoms with van der Waals surface area (Å²) in [5, 5.41) is 13.5. The number of hydrogen-bond acceptors (Lipinski definition) is 4. The number of phenolic OH excluding ortho intramolecular Hbond substituents is 1. The van der Waals surface area contributed by atoms with E-state index in [1.54, 1.807) is 23.1 Å². The quantitative estimate of drug-likeness (QED) is 0.772. The van der Waals surface area contributed by atoms with Gasteiger partial charge in [-0.1, -0.05) is 17.7 Å². The van der Waals surface area contributed by atoms with E-state index in [0.717, 1.165) is 0 Å². The van der Waals surface area contributed by atoms with Gasteiger partial charge in [-0.25, -0.2) is 4.79 Å². The minimum absolute atomic E-state index is 0.0420. The Bertz CT molecular complexity index is 507. The van der Waals surface area contributed by atoms with Gasteiger partial charge in [0, 0.05) is 36.3 Å². The van der Waals surface area contributed by atoms with Gasteiger partial charge in [-0.2, -0.15) is 0 Å². The fraction of sp³-hybridized carbons (Fsp3) is 0.588. The maximum atomic E-state index is 12.2. The molecule has 0 aromatic heterocycles. The molecule has 0 fully saturated rings. The Kier molecular flexibility index (Phi) is 7.16. The lowest BCUT2D eigenvalue weighted by atomic mass is 10.2. The number of nitrogens with zero attached hydrogens (tertiary/aromatic N) is 1. The molecule has 0 aliphatic heterocycles. The van der Waals surface area contributed by atoms with Crippen LogP contribution in [0.3, 0.4) is 0 Å². The number of carbonyl (C=O) groups excluding carboxylic acids is 1. The van der Waals surface area contributed by atoms with Gasteiger partial charge in [0.15, 0.2) is 0 Å². The van der Waals surface area contributed by atoms with Crippen molar-refractivity contribution in [3.63, 3.8) is 0 Å². The van der Waals surface area contributed by atoms with E-state index < -0.39 is 5.60 Å². The Labute approximate surface area is 143 Å². The summed E-state index contributed by atoms with van der Waals surface area (Å²) in [6.45, 7) is 11.0. The van der Waals surface area contributed by atoms with E-state index in [4.69, 9.17) is 16.3 Å². The molecule has 0 bridgehead atoms. The Morgan fingerprint density at radius 2 is 2.04 bits per heavy atom. The van der Waals surface area contributed by atoms with Crippen molar-refractivity contribution < 1.29 is 14.6 Å². The molecule has 1 aromatic carbocycles. The van der Waals surface area contributed by atoms with Crippen molar-refractivity contribution in [2.24, 2.45) is 0 Å². The Hall–Kier alpha value is -1.46. The van der Waals surface area contributed by atoms with Gasteiger partial charge in [-0.3, -0.25) is 0 Å². The predicted molar refractivity (Wildman–Crippen MR) is 92.9 cm³/mol. The van der Waals surface area contributed by atoms with Gasteiger partial charge in [0.2, 0.25) is 0 Å². The molecule has 0 spiro atoms. The first kappa shape index (κ1) is 19.6. The van der Waals surface area contributed by atoms with Crippen LogP contribution < -0.4 is 5.32 Å². The van der Waals surface area contributed by atoms with E-state index in [2.05, 4.69) is 5.32 Å². The minimum Gasteiger partial charge on any atom is -0.508 e. The van der Waals surface area contributed by atoms with Crippen molar-refractivity contribution in [1.82, 2.24) is 10.2 Å². The summed E-state index contributed by atoms with van der Waals surface area (Å²) in [7, 11) is 0.